The molecule has 1 unspecified atom stereocenters. The van der Waals surface area contributed by atoms with Gasteiger partial charge in [-0.25, -0.2) is 0 Å². The Morgan fingerprint density at radius 1 is 1.39 bits per heavy atom. The predicted octanol–water partition coefficient (Wildman–Crippen LogP) is 3.36. The molecule has 0 spiro atoms. The number of nitro benzene ring substituents is 1. The molecule has 0 bridgehead atoms. The number of hydrogen-bond donors (Lipinski definition) is 1. The molecule has 0 saturated carbocycles. The molecule has 1 aliphatic rings. The molecule has 1 aromatic rings. The summed E-state index contributed by atoms with van der Waals surface area (Å²) in [6.07, 6.45) is 2.18. The minimum atomic E-state index is -0.400. The summed E-state index contributed by atoms with van der Waals surface area (Å²) < 4.78 is 0. The second-order valence-corrected chi connectivity index (χ2v) is 7.36. The Kier molecular flexibility index (Phi) is 4.92. The van der Waals surface area contributed by atoms with E-state index in [0.29, 0.717) is 17.2 Å². The van der Waals surface area contributed by atoms with Gasteiger partial charge in [0.15, 0.2) is 0 Å². The van der Waals surface area contributed by atoms with Crippen molar-refractivity contribution in [3.05, 3.63) is 33.9 Å². The van der Waals surface area contributed by atoms with Crippen LogP contribution in [-0.2, 0) is 0 Å². The van der Waals surface area contributed by atoms with Gasteiger partial charge in [-0.1, -0.05) is 6.92 Å². The summed E-state index contributed by atoms with van der Waals surface area (Å²) in [6, 6.07) is 4.76. The lowest BCUT2D eigenvalue weighted by atomic mass is 9.99. The van der Waals surface area contributed by atoms with Crippen molar-refractivity contribution in [1.82, 2.24) is 5.32 Å². The van der Waals surface area contributed by atoms with Crippen LogP contribution in [-0.4, -0.2) is 29.5 Å². The van der Waals surface area contributed by atoms with Crippen LogP contribution < -0.4 is 10.2 Å². The van der Waals surface area contributed by atoms with E-state index in [4.69, 9.17) is 0 Å². The fraction of sp³-hybridized carbons (Fsp3) is 0.588. The van der Waals surface area contributed by atoms with Crippen molar-refractivity contribution in [3.63, 3.8) is 0 Å². The van der Waals surface area contributed by atoms with Gasteiger partial charge >= 0.3 is 0 Å². The van der Waals surface area contributed by atoms with Gasteiger partial charge < -0.3 is 10.2 Å². The second-order valence-electron chi connectivity index (χ2n) is 7.36. The molecule has 6 nitrogen and oxygen atoms in total. The molecule has 0 aromatic heterocycles. The van der Waals surface area contributed by atoms with Crippen LogP contribution in [0.4, 0.5) is 11.4 Å². The second kappa shape index (κ2) is 6.56. The molecule has 1 aliphatic heterocycles. The molecule has 23 heavy (non-hydrogen) atoms. The van der Waals surface area contributed by atoms with Gasteiger partial charge in [0, 0.05) is 30.3 Å². The van der Waals surface area contributed by atoms with Crippen LogP contribution in [0.25, 0.3) is 0 Å². The molecular formula is C17H25N3O3. The van der Waals surface area contributed by atoms with E-state index in [2.05, 4.69) is 17.1 Å². The summed E-state index contributed by atoms with van der Waals surface area (Å²) in [5.74, 6) is 0.228. The van der Waals surface area contributed by atoms with Crippen molar-refractivity contribution < 1.29 is 9.72 Å². The van der Waals surface area contributed by atoms with Crippen LogP contribution in [0.15, 0.2) is 18.2 Å². The number of carbonyl (C=O) groups is 1. The molecule has 1 saturated heterocycles. The smallest absolute Gasteiger partial charge is 0.293 e. The molecule has 1 heterocycles. The van der Waals surface area contributed by atoms with E-state index in [-0.39, 0.29) is 17.1 Å². The molecule has 0 radical (unpaired) electrons. The highest BCUT2D eigenvalue weighted by atomic mass is 16.6. The first-order valence-electron chi connectivity index (χ1n) is 8.03. The van der Waals surface area contributed by atoms with Crippen molar-refractivity contribution in [2.24, 2.45) is 5.92 Å². The summed E-state index contributed by atoms with van der Waals surface area (Å²) in [4.78, 5) is 25.3. The average Bonchev–Trinajstić information content (AvgIpc) is 2.44. The van der Waals surface area contributed by atoms with Gasteiger partial charge in [0.1, 0.15) is 5.69 Å². The Labute approximate surface area is 137 Å². The highest BCUT2D eigenvalue weighted by Crippen LogP contribution is 2.32. The largest absolute Gasteiger partial charge is 0.366 e. The molecule has 126 valence electrons. The van der Waals surface area contributed by atoms with E-state index in [9.17, 15) is 14.9 Å². The van der Waals surface area contributed by atoms with Crippen molar-refractivity contribution in [3.8, 4) is 0 Å². The average molecular weight is 319 g/mol. The van der Waals surface area contributed by atoms with Crippen LogP contribution in [0.3, 0.4) is 0 Å². The van der Waals surface area contributed by atoms with E-state index in [1.165, 1.54) is 6.07 Å². The number of amides is 1. The number of rotatable bonds is 3. The maximum atomic E-state index is 12.2. The van der Waals surface area contributed by atoms with Crippen molar-refractivity contribution in [2.75, 3.05) is 18.0 Å². The minimum absolute atomic E-state index is 0.000610. The highest BCUT2D eigenvalue weighted by Gasteiger charge is 2.25. The number of carbonyl (C=O) groups excluding carboxylic acids is 1. The number of anilines is 1. The maximum absolute atomic E-state index is 12.2. The molecule has 1 amide bonds. The van der Waals surface area contributed by atoms with Gasteiger partial charge in [-0.2, -0.15) is 0 Å². The van der Waals surface area contributed by atoms with E-state index in [1.54, 1.807) is 12.1 Å². The minimum Gasteiger partial charge on any atom is -0.366 e. The van der Waals surface area contributed by atoms with Gasteiger partial charge in [-0.05, 0) is 51.7 Å². The summed E-state index contributed by atoms with van der Waals surface area (Å²) in [5.41, 5.74) is 0.544. The highest BCUT2D eigenvalue weighted by molar-refractivity contribution is 5.96. The van der Waals surface area contributed by atoms with Gasteiger partial charge in [-0.3, -0.25) is 14.9 Å². The monoisotopic (exact) mass is 319 g/mol. The summed E-state index contributed by atoms with van der Waals surface area (Å²) >= 11 is 0. The number of hydrogen-bond acceptors (Lipinski definition) is 4. The number of piperidine rings is 1. The van der Waals surface area contributed by atoms with Crippen molar-refractivity contribution in [1.29, 1.82) is 0 Å². The topological polar surface area (TPSA) is 75.5 Å². The Morgan fingerprint density at radius 3 is 2.65 bits per heavy atom. The standard InChI is InChI=1S/C17H25N3O3/c1-12-6-5-9-19(11-12)14-8-7-13(10-15(14)20(22)23)16(21)18-17(2,3)4/h7-8,10,12H,5-6,9,11H2,1-4H3,(H,18,21). The third-order valence-electron chi connectivity index (χ3n) is 3.92. The number of nitrogens with one attached hydrogen (secondary N) is 1. The Morgan fingerprint density at radius 2 is 2.09 bits per heavy atom. The maximum Gasteiger partial charge on any atom is 0.293 e. The van der Waals surface area contributed by atoms with Gasteiger partial charge in [0.2, 0.25) is 0 Å². The lowest BCUT2D eigenvalue weighted by molar-refractivity contribution is -0.384. The van der Waals surface area contributed by atoms with E-state index < -0.39 is 4.92 Å². The van der Waals surface area contributed by atoms with Crippen molar-refractivity contribution in [2.45, 2.75) is 46.1 Å². The number of nitro groups is 1. The zero-order valence-corrected chi connectivity index (χ0v) is 14.3. The SMILES string of the molecule is CC1CCCN(c2ccc(C(=O)NC(C)(C)C)cc2[N+](=O)[O-])C1. The molecule has 1 fully saturated rings. The Bertz CT molecular complexity index is 608. The molecule has 2 rings (SSSR count). The normalized spacial score (nSPS) is 18.6. The first-order chi connectivity index (χ1) is 10.7. The lowest BCUT2D eigenvalue weighted by Crippen LogP contribution is -2.40. The summed E-state index contributed by atoms with van der Waals surface area (Å²) in [6.45, 7) is 9.42. The molecule has 1 N–H and O–H groups in total. The number of benzene rings is 1. The molecule has 1 atom stereocenters. The third-order valence-corrected chi connectivity index (χ3v) is 3.92. The van der Waals surface area contributed by atoms with E-state index >= 15 is 0 Å². The van der Waals surface area contributed by atoms with E-state index in [1.807, 2.05) is 20.8 Å². The summed E-state index contributed by atoms with van der Waals surface area (Å²) in [7, 11) is 0. The number of nitrogens with zero attached hydrogens (tertiary/aromatic N) is 2. The first kappa shape index (κ1) is 17.2. The predicted molar refractivity (Wildman–Crippen MR) is 90.9 cm³/mol. The van der Waals surface area contributed by atoms with Crippen molar-refractivity contribution >= 4 is 17.3 Å². The quantitative estimate of drug-likeness (QED) is 0.684. The van der Waals surface area contributed by atoms with Gasteiger partial charge in [-0.15, -0.1) is 0 Å². The fourth-order valence-electron chi connectivity index (χ4n) is 2.90. The van der Waals surface area contributed by atoms with Crippen LogP contribution in [0, 0.1) is 16.0 Å². The Balaban J connectivity index is 2.31. The molecule has 6 heteroatoms. The molecular weight excluding hydrogens is 294 g/mol. The van der Waals surface area contributed by atoms with Crippen LogP contribution >= 0.6 is 0 Å². The fourth-order valence-corrected chi connectivity index (χ4v) is 2.90. The van der Waals surface area contributed by atoms with E-state index in [0.717, 1.165) is 25.9 Å². The zero-order valence-electron chi connectivity index (χ0n) is 14.3. The third kappa shape index (κ3) is 4.43. The Hall–Kier alpha value is -2.11. The first-order valence-corrected chi connectivity index (χ1v) is 8.03. The molecule has 0 aliphatic carbocycles. The summed E-state index contributed by atoms with van der Waals surface area (Å²) in [5, 5.41) is 14.3. The van der Waals surface area contributed by atoms with Crippen LogP contribution in [0.5, 0.6) is 0 Å². The van der Waals surface area contributed by atoms with Crippen LogP contribution in [0.2, 0.25) is 0 Å². The van der Waals surface area contributed by atoms with Crippen LogP contribution in [0.1, 0.15) is 50.9 Å². The zero-order chi connectivity index (χ0) is 17.2. The molecule has 1 aromatic carbocycles. The van der Waals surface area contributed by atoms with Gasteiger partial charge in [0.25, 0.3) is 11.6 Å². The lowest BCUT2D eigenvalue weighted by Gasteiger charge is -2.32. The van der Waals surface area contributed by atoms with Gasteiger partial charge in [0.05, 0.1) is 4.92 Å².